The van der Waals surface area contributed by atoms with Gasteiger partial charge in [-0.25, -0.2) is 22.2 Å². The van der Waals surface area contributed by atoms with Crippen molar-refractivity contribution >= 4 is 32.9 Å². The average molecular weight is 654 g/mol. The van der Waals surface area contributed by atoms with Gasteiger partial charge in [0.25, 0.3) is 0 Å². The van der Waals surface area contributed by atoms with Crippen LogP contribution in [-0.4, -0.2) is 76.1 Å². The number of amides is 1. The summed E-state index contributed by atoms with van der Waals surface area (Å²) in [5, 5.41) is 7.85. The number of pyridine rings is 1. The van der Waals surface area contributed by atoms with Crippen molar-refractivity contribution in [3.05, 3.63) is 71.7 Å². The van der Waals surface area contributed by atoms with E-state index in [0.29, 0.717) is 42.1 Å². The van der Waals surface area contributed by atoms with Gasteiger partial charge in [0.1, 0.15) is 21.5 Å². The highest BCUT2D eigenvalue weighted by Crippen LogP contribution is 2.40. The van der Waals surface area contributed by atoms with E-state index < -0.39 is 21.5 Å². The maximum Gasteiger partial charge on any atom is 0.229 e. The van der Waals surface area contributed by atoms with Gasteiger partial charge in [-0.2, -0.15) is 9.61 Å². The third kappa shape index (κ3) is 6.88. The maximum atomic E-state index is 15.3. The third-order valence-corrected chi connectivity index (χ3v) is 9.70. The molecule has 1 saturated heterocycles. The van der Waals surface area contributed by atoms with Crippen molar-refractivity contribution in [1.82, 2.24) is 24.5 Å². The summed E-state index contributed by atoms with van der Waals surface area (Å²) in [7, 11) is -3.13. The van der Waals surface area contributed by atoms with Crippen LogP contribution in [0, 0.1) is 17.6 Å². The zero-order chi connectivity index (χ0) is 32.6. The zero-order valence-corrected chi connectivity index (χ0v) is 26.5. The number of nitrogens with zero attached hydrogens (tertiary/aromatic N) is 5. The van der Waals surface area contributed by atoms with Gasteiger partial charge in [-0.3, -0.25) is 9.78 Å². The normalized spacial score (nSPS) is 22.1. The van der Waals surface area contributed by atoms with Crippen molar-refractivity contribution in [3.8, 4) is 11.3 Å². The summed E-state index contributed by atoms with van der Waals surface area (Å²) in [5.74, 6) is -1.11. The largest absolute Gasteiger partial charge is 0.375 e. The topological polar surface area (TPSA) is 145 Å². The number of hydrogen-bond acceptors (Lipinski definition) is 9. The minimum atomic E-state index is -3.13. The van der Waals surface area contributed by atoms with Gasteiger partial charge < -0.3 is 20.7 Å². The summed E-state index contributed by atoms with van der Waals surface area (Å²) in [5.41, 5.74) is 9.04. The molecule has 1 saturated carbocycles. The van der Waals surface area contributed by atoms with Gasteiger partial charge in [-0.15, -0.1) is 0 Å². The van der Waals surface area contributed by atoms with Gasteiger partial charge in [0.05, 0.1) is 53.3 Å². The Kier molecular flexibility index (Phi) is 9.03. The summed E-state index contributed by atoms with van der Waals surface area (Å²) >= 11 is 0. The molecule has 0 bridgehead atoms. The molecule has 3 N–H and O–H groups in total. The number of likely N-dealkylation sites (tertiary alicyclic amines) is 1. The molecular formula is C32H37F2N7O4S. The number of anilines is 2. The summed E-state index contributed by atoms with van der Waals surface area (Å²) < 4.78 is 61.1. The molecule has 1 aliphatic heterocycles. The first-order valence-corrected chi connectivity index (χ1v) is 17.4. The molecule has 6 rings (SSSR count). The number of hydrogen-bond donors (Lipinski definition) is 2. The van der Waals surface area contributed by atoms with Crippen LogP contribution < -0.4 is 11.1 Å². The fourth-order valence-electron chi connectivity index (χ4n) is 6.58. The van der Waals surface area contributed by atoms with E-state index in [2.05, 4.69) is 27.3 Å². The van der Waals surface area contributed by atoms with Crippen LogP contribution in [0.25, 0.3) is 16.8 Å². The van der Waals surface area contributed by atoms with Crippen LogP contribution in [0.3, 0.4) is 0 Å². The van der Waals surface area contributed by atoms with Gasteiger partial charge in [0.15, 0.2) is 0 Å². The van der Waals surface area contributed by atoms with E-state index >= 15 is 8.78 Å². The van der Waals surface area contributed by atoms with Crippen molar-refractivity contribution < 1.29 is 26.7 Å². The van der Waals surface area contributed by atoms with Crippen LogP contribution in [0.4, 0.5) is 20.4 Å². The second-order valence-electron chi connectivity index (χ2n) is 12.4. The molecule has 1 amide bonds. The fraction of sp³-hybridized carbons (Fsp3) is 0.438. The number of imidazole rings is 1. The smallest absolute Gasteiger partial charge is 0.229 e. The molecule has 4 heterocycles. The van der Waals surface area contributed by atoms with Crippen LogP contribution in [0.5, 0.6) is 0 Å². The van der Waals surface area contributed by atoms with Crippen molar-refractivity contribution in [3.63, 3.8) is 0 Å². The number of halogens is 2. The van der Waals surface area contributed by atoms with E-state index in [9.17, 15) is 13.2 Å². The molecule has 1 aromatic carbocycles. The van der Waals surface area contributed by atoms with Crippen LogP contribution >= 0.6 is 0 Å². The number of fused-ring (bicyclic) bond motifs is 1. The second kappa shape index (κ2) is 13.0. The van der Waals surface area contributed by atoms with E-state index in [1.54, 1.807) is 35.6 Å². The van der Waals surface area contributed by atoms with Gasteiger partial charge in [0.2, 0.25) is 11.9 Å². The number of aromatic nitrogens is 4. The number of carbonyl (C=O) groups excluding carboxylic acids is 1. The molecule has 0 radical (unpaired) electrons. The van der Waals surface area contributed by atoms with Crippen LogP contribution in [0.2, 0.25) is 0 Å². The Labute approximate surface area is 266 Å². The quantitative estimate of drug-likeness (QED) is 0.257. The Balaban J connectivity index is 1.22. The summed E-state index contributed by atoms with van der Waals surface area (Å²) in [4.78, 5) is 22.4. The van der Waals surface area contributed by atoms with E-state index in [-0.39, 0.29) is 60.1 Å². The molecule has 4 atom stereocenters. The molecular weight excluding hydrogens is 616 g/mol. The van der Waals surface area contributed by atoms with Gasteiger partial charge >= 0.3 is 0 Å². The number of ether oxygens (including phenoxy) is 1. The summed E-state index contributed by atoms with van der Waals surface area (Å²) in [6.45, 7) is 2.89. The Hall–Kier alpha value is -4.01. The molecule has 2 fully saturated rings. The van der Waals surface area contributed by atoms with Crippen molar-refractivity contribution in [2.75, 3.05) is 30.5 Å². The lowest BCUT2D eigenvalue weighted by molar-refractivity contribution is -0.128. The molecule has 0 spiro atoms. The highest BCUT2D eigenvalue weighted by molar-refractivity contribution is 7.90. The van der Waals surface area contributed by atoms with Gasteiger partial charge in [0, 0.05) is 38.0 Å². The molecule has 14 heteroatoms. The Bertz CT molecular complexity index is 1830. The number of sulfone groups is 1. The van der Waals surface area contributed by atoms with E-state index in [4.69, 9.17) is 10.5 Å². The minimum Gasteiger partial charge on any atom is -0.375 e. The number of rotatable bonds is 10. The SMILES string of the molecule is C[C@H]1C[C@@H](c2ccncc2Nc2ncc3ccc(-c4c(F)cc(CN5CCCC5=O)cc4F)nn23)C[C@@H](N)[C@H]1OCCS(C)(=O)=O. The fourth-order valence-corrected chi connectivity index (χ4v) is 6.98. The minimum absolute atomic E-state index is 0.0186. The number of carbonyl (C=O) groups is 1. The predicted molar refractivity (Wildman–Crippen MR) is 169 cm³/mol. The molecule has 1 aliphatic carbocycles. The van der Waals surface area contributed by atoms with Gasteiger partial charge in [-0.05, 0) is 72.6 Å². The Morgan fingerprint density at radius 2 is 1.91 bits per heavy atom. The molecule has 0 unspecified atom stereocenters. The lowest BCUT2D eigenvalue weighted by Crippen LogP contribution is -2.47. The average Bonchev–Trinajstić information content (AvgIpc) is 3.58. The third-order valence-electron chi connectivity index (χ3n) is 8.79. The number of nitrogens with two attached hydrogens (primary N) is 1. The highest BCUT2D eigenvalue weighted by Gasteiger charge is 2.36. The molecule has 2 aliphatic rings. The van der Waals surface area contributed by atoms with Crippen molar-refractivity contribution in [1.29, 1.82) is 0 Å². The molecule has 244 valence electrons. The summed E-state index contributed by atoms with van der Waals surface area (Å²) in [6.07, 6.45) is 8.51. The first-order chi connectivity index (χ1) is 22.0. The van der Waals surface area contributed by atoms with Gasteiger partial charge in [-0.1, -0.05) is 6.92 Å². The lowest BCUT2D eigenvalue weighted by atomic mass is 9.74. The van der Waals surface area contributed by atoms with Crippen LogP contribution in [-0.2, 0) is 25.9 Å². The van der Waals surface area contributed by atoms with E-state index in [0.717, 1.165) is 18.4 Å². The zero-order valence-electron chi connectivity index (χ0n) is 25.7. The maximum absolute atomic E-state index is 15.3. The van der Waals surface area contributed by atoms with Crippen LogP contribution in [0.15, 0.2) is 48.9 Å². The van der Waals surface area contributed by atoms with E-state index in [1.807, 2.05) is 6.07 Å². The van der Waals surface area contributed by atoms with E-state index in [1.165, 1.54) is 22.9 Å². The monoisotopic (exact) mass is 653 g/mol. The highest BCUT2D eigenvalue weighted by atomic mass is 32.2. The number of benzene rings is 1. The molecule has 4 aromatic rings. The molecule has 46 heavy (non-hydrogen) atoms. The van der Waals surface area contributed by atoms with Crippen molar-refractivity contribution in [2.24, 2.45) is 11.7 Å². The Morgan fingerprint density at radius 3 is 2.61 bits per heavy atom. The van der Waals surface area contributed by atoms with Crippen LogP contribution in [0.1, 0.15) is 49.7 Å². The first-order valence-electron chi connectivity index (χ1n) is 15.3. The number of nitrogens with one attached hydrogen (secondary N) is 1. The summed E-state index contributed by atoms with van der Waals surface area (Å²) in [6, 6.07) is 7.36. The van der Waals surface area contributed by atoms with Crippen molar-refractivity contribution in [2.45, 2.75) is 57.2 Å². The standard InChI is InChI=1S/C32H37F2N7O4S/c1-19-12-21(15-26(35)31(19)45-10-11-46(2,43)44)23-7-8-36-17-28(23)38-32-37-16-22-5-6-27(39-41(22)32)30-24(33)13-20(14-25(30)34)18-40-9-3-4-29(40)42/h5-8,13-14,16-17,19,21,26,31H,3-4,9-12,15,18,35H2,1-2H3,(H,37,38)/t19-,21+,26+,31-/m0/s1. The Morgan fingerprint density at radius 1 is 1.13 bits per heavy atom. The predicted octanol–water partition coefficient (Wildman–Crippen LogP) is 4.21. The first kappa shape index (κ1) is 32.0. The molecule has 3 aromatic heterocycles. The molecule has 11 nitrogen and oxygen atoms in total. The lowest BCUT2D eigenvalue weighted by Gasteiger charge is -2.39. The second-order valence-corrected chi connectivity index (χ2v) is 14.6.